The molecule has 0 saturated carbocycles. The summed E-state index contributed by atoms with van der Waals surface area (Å²) in [7, 11) is 0. The lowest BCUT2D eigenvalue weighted by Crippen LogP contribution is -2.58. The summed E-state index contributed by atoms with van der Waals surface area (Å²) in [5, 5.41) is 2.26. The molecule has 1 atom stereocenters. The number of allylic oxidation sites excluding steroid dienone is 2. The number of aromatic nitrogens is 1. The molecule has 0 amide bonds. The van der Waals surface area contributed by atoms with Crippen molar-refractivity contribution in [3.05, 3.63) is 59.7 Å². The quantitative estimate of drug-likeness (QED) is 0.538. The molecule has 0 saturated heterocycles. The van der Waals surface area contributed by atoms with Crippen LogP contribution in [-0.2, 0) is 0 Å². The van der Waals surface area contributed by atoms with Gasteiger partial charge in [0.15, 0.2) is 11.4 Å². The monoisotopic (exact) mass is 319 g/mol. The van der Waals surface area contributed by atoms with Gasteiger partial charge in [0.2, 0.25) is 0 Å². The van der Waals surface area contributed by atoms with E-state index in [1.165, 1.54) is 17.0 Å². The van der Waals surface area contributed by atoms with E-state index in [2.05, 4.69) is 48.6 Å². The Labute approximate surface area is 140 Å². The van der Waals surface area contributed by atoms with Gasteiger partial charge in [-0.05, 0) is 44.2 Å². The second-order valence-electron chi connectivity index (χ2n) is 7.64. The lowest BCUT2D eigenvalue weighted by atomic mass is 9.48. The van der Waals surface area contributed by atoms with Crippen LogP contribution >= 0.6 is 0 Å². The molecule has 120 valence electrons. The third kappa shape index (κ3) is 1.54. The second kappa shape index (κ2) is 4.29. The number of rotatable bonds is 2. The molecule has 0 fully saturated rings. The number of fused-ring (bicyclic) bond motifs is 5. The van der Waals surface area contributed by atoms with E-state index >= 15 is 0 Å². The average molecular weight is 319 g/mol. The van der Waals surface area contributed by atoms with Gasteiger partial charge in [-0.3, -0.25) is 0 Å². The first-order chi connectivity index (χ1) is 11.5. The topological polar surface area (TPSA) is 34.2 Å². The minimum atomic E-state index is -1.34. The van der Waals surface area contributed by atoms with Crippen molar-refractivity contribution in [2.45, 2.75) is 27.1 Å². The number of nitrogens with zero attached hydrogens (tertiary/aromatic N) is 2. The van der Waals surface area contributed by atoms with Crippen LogP contribution in [0.5, 0.6) is 0 Å². The molecule has 0 N–H and O–H groups in total. The van der Waals surface area contributed by atoms with Gasteiger partial charge in [-0.2, -0.15) is 0 Å². The first-order valence-electron chi connectivity index (χ1n) is 8.59. The fourth-order valence-electron chi connectivity index (χ4n) is 4.32. The van der Waals surface area contributed by atoms with Crippen LogP contribution in [0.1, 0.15) is 26.0 Å². The third-order valence-electron chi connectivity index (χ3n) is 5.23. The summed E-state index contributed by atoms with van der Waals surface area (Å²) >= 11 is 0. The van der Waals surface area contributed by atoms with E-state index in [1.807, 2.05) is 12.1 Å². The van der Waals surface area contributed by atoms with Crippen molar-refractivity contribution in [1.82, 2.24) is 8.96 Å². The zero-order valence-corrected chi connectivity index (χ0v) is 14.2. The van der Waals surface area contributed by atoms with Gasteiger partial charge in [-0.25, -0.2) is 0 Å². The summed E-state index contributed by atoms with van der Waals surface area (Å²) in [4.78, 5) is 0. The Morgan fingerprint density at radius 1 is 1.25 bits per heavy atom. The van der Waals surface area contributed by atoms with Gasteiger partial charge in [0.25, 0.3) is 0 Å². The Kier molecular flexibility index (Phi) is 2.48. The molecule has 3 aromatic heterocycles. The summed E-state index contributed by atoms with van der Waals surface area (Å²) in [6.07, 6.45) is 5.40. The summed E-state index contributed by atoms with van der Waals surface area (Å²) in [6.45, 7) is 11.3. The zero-order chi connectivity index (χ0) is 16.6. The molecular weight excluding hydrogens is 299 g/mol. The highest BCUT2D eigenvalue weighted by Crippen LogP contribution is 2.38. The van der Waals surface area contributed by atoms with Gasteiger partial charge >= 0.3 is 12.0 Å². The van der Waals surface area contributed by atoms with E-state index in [4.69, 9.17) is 8.83 Å². The van der Waals surface area contributed by atoms with Crippen molar-refractivity contribution in [2.24, 2.45) is 5.92 Å². The second-order valence-corrected chi connectivity index (χ2v) is 7.64. The molecule has 24 heavy (non-hydrogen) atoms. The Balaban J connectivity index is 1.95. The SMILES string of the molecule is [CH2+][B-]1(C)n2c(cc3ccoc32)C(CC(C)C)=C2C=c3ccoc3=[N+]21. The molecule has 2 aliphatic heterocycles. The highest BCUT2D eigenvalue weighted by molar-refractivity contribution is 6.79. The highest BCUT2D eigenvalue weighted by atomic mass is 16.3. The first kappa shape index (κ1) is 13.8. The Hall–Kier alpha value is -2.56. The maximum absolute atomic E-state index is 5.81. The molecule has 0 spiro atoms. The average Bonchev–Trinajstić information content (AvgIpc) is 3.20. The van der Waals surface area contributed by atoms with Crippen LogP contribution in [0.15, 0.2) is 45.3 Å². The molecule has 5 heteroatoms. The molecule has 0 radical (unpaired) electrons. The fraction of sp³-hybridized carbons (Fsp3) is 0.263. The van der Waals surface area contributed by atoms with Crippen LogP contribution in [-0.4, -0.2) is 10.9 Å². The van der Waals surface area contributed by atoms with Gasteiger partial charge in [-0.1, -0.05) is 13.8 Å². The predicted molar refractivity (Wildman–Crippen MR) is 96.6 cm³/mol. The fourth-order valence-corrected chi connectivity index (χ4v) is 4.32. The highest BCUT2D eigenvalue weighted by Gasteiger charge is 2.51. The zero-order valence-electron chi connectivity index (χ0n) is 14.2. The molecule has 5 heterocycles. The van der Waals surface area contributed by atoms with Crippen LogP contribution in [0.2, 0.25) is 6.82 Å². The van der Waals surface area contributed by atoms with Gasteiger partial charge in [0.1, 0.15) is 0 Å². The van der Waals surface area contributed by atoms with Crippen molar-refractivity contribution in [2.75, 3.05) is 0 Å². The summed E-state index contributed by atoms with van der Waals surface area (Å²) < 4.78 is 16.2. The van der Waals surface area contributed by atoms with Gasteiger partial charge in [0, 0.05) is 22.7 Å². The molecule has 0 bridgehead atoms. The van der Waals surface area contributed by atoms with Crippen LogP contribution in [0, 0.1) is 12.7 Å². The maximum atomic E-state index is 5.81. The van der Waals surface area contributed by atoms with E-state index in [-0.39, 0.29) is 0 Å². The molecule has 5 rings (SSSR count). The van der Waals surface area contributed by atoms with E-state index in [0.29, 0.717) is 5.92 Å². The number of hydrogen-bond donors (Lipinski definition) is 0. The smallest absolute Gasteiger partial charge is 0.451 e. The van der Waals surface area contributed by atoms with E-state index in [0.717, 1.165) is 28.3 Å². The largest absolute Gasteiger partial charge is 0.562 e. The number of hydrogen-bond acceptors (Lipinski definition) is 2. The normalized spacial score (nSPS) is 22.1. The molecule has 0 aliphatic carbocycles. The van der Waals surface area contributed by atoms with Crippen molar-refractivity contribution in [3.63, 3.8) is 0 Å². The third-order valence-corrected chi connectivity index (χ3v) is 5.23. The van der Waals surface area contributed by atoms with Gasteiger partial charge in [0.05, 0.1) is 17.7 Å². The summed E-state index contributed by atoms with van der Waals surface area (Å²) in [5.74, 6) is 0.561. The van der Waals surface area contributed by atoms with E-state index in [1.54, 1.807) is 12.5 Å². The Morgan fingerprint density at radius 3 is 2.83 bits per heavy atom. The van der Waals surface area contributed by atoms with Gasteiger partial charge in [-0.15, -0.1) is 0 Å². The maximum Gasteiger partial charge on any atom is 0.562 e. The Bertz CT molecular complexity index is 1140. The minimum Gasteiger partial charge on any atom is -0.451 e. The predicted octanol–water partition coefficient (Wildman–Crippen LogP) is 2.88. The van der Waals surface area contributed by atoms with E-state index in [9.17, 15) is 0 Å². The lowest BCUT2D eigenvalue weighted by molar-refractivity contribution is 0.488. The van der Waals surface area contributed by atoms with Crippen LogP contribution in [0.4, 0.5) is 0 Å². The number of furan rings is 2. The van der Waals surface area contributed by atoms with Crippen LogP contribution in [0.3, 0.4) is 0 Å². The van der Waals surface area contributed by atoms with Crippen molar-refractivity contribution in [1.29, 1.82) is 0 Å². The van der Waals surface area contributed by atoms with Crippen LogP contribution < -0.4 is 15.3 Å². The molecule has 2 aliphatic rings. The van der Waals surface area contributed by atoms with E-state index < -0.39 is 6.42 Å². The van der Waals surface area contributed by atoms with Crippen molar-refractivity contribution in [3.8, 4) is 0 Å². The van der Waals surface area contributed by atoms with Crippen LogP contribution in [0.25, 0.3) is 22.7 Å². The molecule has 1 unspecified atom stereocenters. The first-order valence-corrected chi connectivity index (χ1v) is 8.59. The molecular formula is C19H20BN2O2+. The Morgan fingerprint density at radius 2 is 2.04 bits per heavy atom. The molecule has 0 aromatic carbocycles. The summed E-state index contributed by atoms with van der Waals surface area (Å²) in [5.41, 5.74) is 5.57. The molecule has 3 aromatic rings. The standard InChI is InChI=1S/C19H20BN2O2/c1-12(2)9-15-16-10-13-5-7-23-18(13)21(16)20(3,4)22-17(15)11-14-6-8-24-19(14)22/h5-8,10-12H,3,9H2,1-2,4H3/q+1. The lowest BCUT2D eigenvalue weighted by Gasteiger charge is -2.31. The van der Waals surface area contributed by atoms with Gasteiger partial charge < -0.3 is 17.8 Å². The summed E-state index contributed by atoms with van der Waals surface area (Å²) in [6, 6.07) is 6.29. The van der Waals surface area contributed by atoms with Crippen molar-refractivity contribution < 1.29 is 8.83 Å². The molecule has 4 nitrogen and oxygen atoms in total. The minimum absolute atomic E-state index is 0.561. The van der Waals surface area contributed by atoms with Crippen molar-refractivity contribution >= 4 is 29.2 Å².